The van der Waals surface area contributed by atoms with Gasteiger partial charge in [0.15, 0.2) is 0 Å². The van der Waals surface area contributed by atoms with Crippen molar-refractivity contribution in [3.63, 3.8) is 0 Å². The van der Waals surface area contributed by atoms with Gasteiger partial charge in [0.25, 0.3) is 6.47 Å². The summed E-state index contributed by atoms with van der Waals surface area (Å²) in [6, 6.07) is 0. The third kappa shape index (κ3) is 18.5. The molecular weight excluding hydrogens is 212 g/mol. The van der Waals surface area contributed by atoms with Gasteiger partial charge in [0.1, 0.15) is 0 Å². The van der Waals surface area contributed by atoms with E-state index in [1.165, 1.54) is 0 Å². The molecule has 6 nitrogen and oxygen atoms in total. The van der Waals surface area contributed by atoms with Crippen molar-refractivity contribution >= 4 is 12.6 Å². The molecule has 0 saturated heterocycles. The number of amides is 1. The first-order valence-corrected chi connectivity index (χ1v) is 5.21. The van der Waals surface area contributed by atoms with Crippen LogP contribution in [0.25, 0.3) is 0 Å². The molecule has 0 aromatic carbocycles. The third-order valence-electron chi connectivity index (χ3n) is 1.49. The fourth-order valence-corrected chi connectivity index (χ4v) is 0.832. The highest BCUT2D eigenvalue weighted by Crippen LogP contribution is 1.84. The van der Waals surface area contributed by atoms with Crippen LogP contribution in [0.15, 0.2) is 0 Å². The Hall–Kier alpha value is -1.30. The summed E-state index contributed by atoms with van der Waals surface area (Å²) >= 11 is 0. The molecule has 0 aliphatic rings. The highest BCUT2D eigenvalue weighted by atomic mass is 16.5. The monoisotopic (exact) mass is 234 g/mol. The van der Waals surface area contributed by atoms with Gasteiger partial charge < -0.3 is 20.1 Å². The molecular formula is C10H22N2O4. The standard InChI is InChI=1S/C9H20N2O2.CH2O2/c1-4-8-13-9(12)10-6-5-7-11(2)3;2-1-3/h4-8H2,1-3H3,(H,10,12);1H,(H,2,3). The lowest BCUT2D eigenvalue weighted by Gasteiger charge is -2.09. The van der Waals surface area contributed by atoms with Crippen molar-refractivity contribution < 1.29 is 19.4 Å². The van der Waals surface area contributed by atoms with Crippen molar-refractivity contribution in [3.8, 4) is 0 Å². The number of hydrogen-bond donors (Lipinski definition) is 2. The Morgan fingerprint density at radius 3 is 2.50 bits per heavy atom. The molecule has 1 amide bonds. The Labute approximate surface area is 96.6 Å². The summed E-state index contributed by atoms with van der Waals surface area (Å²) in [7, 11) is 4.02. The number of alkyl carbamates (subject to hydrolysis) is 1. The summed E-state index contributed by atoms with van der Waals surface area (Å²) < 4.78 is 4.83. The van der Waals surface area contributed by atoms with E-state index in [1.807, 2.05) is 21.0 Å². The van der Waals surface area contributed by atoms with Gasteiger partial charge in [0, 0.05) is 6.54 Å². The van der Waals surface area contributed by atoms with Gasteiger partial charge in [-0.05, 0) is 33.5 Å². The lowest BCUT2D eigenvalue weighted by Crippen LogP contribution is -2.27. The zero-order valence-electron chi connectivity index (χ0n) is 10.2. The van der Waals surface area contributed by atoms with E-state index in [-0.39, 0.29) is 12.6 Å². The van der Waals surface area contributed by atoms with E-state index in [4.69, 9.17) is 14.6 Å². The number of hydrogen-bond acceptors (Lipinski definition) is 4. The van der Waals surface area contributed by atoms with Gasteiger partial charge in [0.05, 0.1) is 6.61 Å². The highest BCUT2D eigenvalue weighted by Gasteiger charge is 1.98. The summed E-state index contributed by atoms with van der Waals surface area (Å²) in [4.78, 5) is 21.3. The van der Waals surface area contributed by atoms with E-state index in [2.05, 4.69) is 10.2 Å². The van der Waals surface area contributed by atoms with Crippen molar-refractivity contribution in [2.24, 2.45) is 0 Å². The highest BCUT2D eigenvalue weighted by molar-refractivity contribution is 5.66. The van der Waals surface area contributed by atoms with Gasteiger partial charge in [-0.1, -0.05) is 6.92 Å². The van der Waals surface area contributed by atoms with Crippen LogP contribution >= 0.6 is 0 Å². The Kier molecular flexibility index (Phi) is 14.6. The van der Waals surface area contributed by atoms with E-state index in [0.29, 0.717) is 13.2 Å². The van der Waals surface area contributed by atoms with Crippen LogP contribution in [-0.2, 0) is 9.53 Å². The molecule has 0 aromatic heterocycles. The number of ether oxygens (including phenoxy) is 1. The lowest BCUT2D eigenvalue weighted by molar-refractivity contribution is -0.122. The average molecular weight is 234 g/mol. The molecule has 0 atom stereocenters. The molecule has 0 aliphatic carbocycles. The number of rotatable bonds is 6. The fraction of sp³-hybridized carbons (Fsp3) is 0.800. The molecule has 0 aromatic rings. The van der Waals surface area contributed by atoms with Crippen LogP contribution in [0.4, 0.5) is 4.79 Å². The summed E-state index contributed by atoms with van der Waals surface area (Å²) in [6.45, 7) is 3.88. The van der Waals surface area contributed by atoms with Crippen LogP contribution in [0.2, 0.25) is 0 Å². The van der Waals surface area contributed by atoms with Crippen LogP contribution < -0.4 is 5.32 Å². The smallest absolute Gasteiger partial charge is 0.407 e. The molecule has 2 N–H and O–H groups in total. The maximum absolute atomic E-state index is 10.9. The number of carboxylic acid groups (broad SMARTS) is 1. The predicted octanol–water partition coefficient (Wildman–Crippen LogP) is 0.775. The maximum atomic E-state index is 10.9. The van der Waals surface area contributed by atoms with Crippen LogP contribution in [0.3, 0.4) is 0 Å². The summed E-state index contributed by atoms with van der Waals surface area (Å²) in [5, 5.41) is 9.57. The Balaban J connectivity index is 0. The Morgan fingerprint density at radius 1 is 1.50 bits per heavy atom. The first kappa shape index (κ1) is 17.1. The minimum Gasteiger partial charge on any atom is -0.483 e. The van der Waals surface area contributed by atoms with E-state index in [1.54, 1.807) is 0 Å². The minimum atomic E-state index is -0.305. The molecule has 0 aliphatic heterocycles. The van der Waals surface area contributed by atoms with Gasteiger partial charge in [-0.3, -0.25) is 4.79 Å². The third-order valence-corrected chi connectivity index (χ3v) is 1.49. The van der Waals surface area contributed by atoms with Crippen LogP contribution in [0, 0.1) is 0 Å². The summed E-state index contributed by atoms with van der Waals surface area (Å²) in [6.07, 6.45) is 1.51. The van der Waals surface area contributed by atoms with Gasteiger partial charge in [0.2, 0.25) is 0 Å². The van der Waals surface area contributed by atoms with Crippen molar-refractivity contribution in [1.82, 2.24) is 10.2 Å². The molecule has 96 valence electrons. The molecule has 0 radical (unpaired) electrons. The number of carbonyl (C=O) groups excluding carboxylic acids is 1. The Morgan fingerprint density at radius 2 is 2.06 bits per heavy atom. The molecule has 0 spiro atoms. The fourth-order valence-electron chi connectivity index (χ4n) is 0.832. The molecule has 0 heterocycles. The van der Waals surface area contributed by atoms with Crippen molar-refractivity contribution in [2.75, 3.05) is 33.8 Å². The SMILES string of the molecule is CCCOC(=O)NCCCN(C)C.O=CO. The number of nitrogens with zero attached hydrogens (tertiary/aromatic N) is 1. The normalized spacial score (nSPS) is 9.00. The van der Waals surface area contributed by atoms with E-state index < -0.39 is 0 Å². The van der Waals surface area contributed by atoms with E-state index in [9.17, 15) is 4.79 Å². The minimum absolute atomic E-state index is 0.250. The Bertz CT molecular complexity index is 174. The second kappa shape index (κ2) is 13.7. The van der Waals surface area contributed by atoms with Gasteiger partial charge in [-0.15, -0.1) is 0 Å². The van der Waals surface area contributed by atoms with Crippen molar-refractivity contribution in [2.45, 2.75) is 19.8 Å². The van der Waals surface area contributed by atoms with Crippen molar-refractivity contribution in [1.29, 1.82) is 0 Å². The number of carbonyl (C=O) groups is 2. The van der Waals surface area contributed by atoms with Gasteiger partial charge in [-0.25, -0.2) is 4.79 Å². The topological polar surface area (TPSA) is 78.9 Å². The zero-order chi connectivity index (χ0) is 12.8. The molecule has 0 unspecified atom stereocenters. The molecule has 0 rings (SSSR count). The first-order valence-electron chi connectivity index (χ1n) is 5.21. The average Bonchev–Trinajstić information content (AvgIpc) is 2.22. The van der Waals surface area contributed by atoms with Gasteiger partial charge >= 0.3 is 6.09 Å². The molecule has 16 heavy (non-hydrogen) atoms. The van der Waals surface area contributed by atoms with Crippen LogP contribution in [-0.4, -0.2) is 56.4 Å². The molecule has 0 saturated carbocycles. The first-order chi connectivity index (χ1) is 7.58. The maximum Gasteiger partial charge on any atom is 0.407 e. The van der Waals surface area contributed by atoms with Gasteiger partial charge in [-0.2, -0.15) is 0 Å². The van der Waals surface area contributed by atoms with E-state index in [0.717, 1.165) is 19.4 Å². The largest absolute Gasteiger partial charge is 0.483 e. The predicted molar refractivity (Wildman–Crippen MR) is 61.5 cm³/mol. The zero-order valence-corrected chi connectivity index (χ0v) is 10.2. The molecule has 0 bridgehead atoms. The second-order valence-corrected chi connectivity index (χ2v) is 3.32. The quantitative estimate of drug-likeness (QED) is 0.524. The van der Waals surface area contributed by atoms with Crippen LogP contribution in [0.5, 0.6) is 0 Å². The second-order valence-electron chi connectivity index (χ2n) is 3.32. The molecule has 6 heteroatoms. The lowest BCUT2D eigenvalue weighted by atomic mass is 10.4. The summed E-state index contributed by atoms with van der Waals surface area (Å²) in [5.41, 5.74) is 0. The van der Waals surface area contributed by atoms with Crippen molar-refractivity contribution in [3.05, 3.63) is 0 Å². The van der Waals surface area contributed by atoms with E-state index >= 15 is 0 Å². The number of nitrogens with one attached hydrogen (secondary N) is 1. The molecule has 0 fully saturated rings. The summed E-state index contributed by atoms with van der Waals surface area (Å²) in [5.74, 6) is 0. The van der Waals surface area contributed by atoms with Crippen LogP contribution in [0.1, 0.15) is 19.8 Å².